The van der Waals surface area contributed by atoms with Crippen molar-refractivity contribution in [2.75, 3.05) is 20.3 Å². The molecule has 0 aliphatic heterocycles. The summed E-state index contributed by atoms with van der Waals surface area (Å²) < 4.78 is 12.0. The van der Waals surface area contributed by atoms with Gasteiger partial charge in [0, 0.05) is 29.7 Å². The van der Waals surface area contributed by atoms with E-state index in [2.05, 4.69) is 23.5 Å². The van der Waals surface area contributed by atoms with Crippen molar-refractivity contribution < 1.29 is 14.3 Å². The van der Waals surface area contributed by atoms with E-state index in [1.54, 1.807) is 18.4 Å². The lowest BCUT2D eigenvalue weighted by atomic mass is 10.0. The summed E-state index contributed by atoms with van der Waals surface area (Å²) in [6, 6.07) is 16.0. The molecule has 1 N–H and O–H groups in total. The highest BCUT2D eigenvalue weighted by Gasteiger charge is 2.16. The first-order valence-corrected chi connectivity index (χ1v) is 9.99. The molecule has 0 saturated heterocycles. The first-order chi connectivity index (χ1) is 13.2. The van der Waals surface area contributed by atoms with Gasteiger partial charge >= 0.3 is 0 Å². The van der Waals surface area contributed by atoms with Crippen LogP contribution in [-0.4, -0.2) is 26.7 Å². The summed E-state index contributed by atoms with van der Waals surface area (Å²) in [6.45, 7) is 1.19. The van der Waals surface area contributed by atoms with E-state index in [9.17, 15) is 4.79 Å². The van der Waals surface area contributed by atoms with Gasteiger partial charge in [0.2, 0.25) is 6.41 Å². The predicted molar refractivity (Wildman–Crippen MR) is 111 cm³/mol. The van der Waals surface area contributed by atoms with Crippen LogP contribution in [0.4, 0.5) is 0 Å². The number of carbonyl (C=O) groups excluding carboxylic acids is 1. The average molecular weight is 404 g/mol. The van der Waals surface area contributed by atoms with Crippen LogP contribution in [0.3, 0.4) is 0 Å². The number of nitrogens with one attached hydrogen (secondary N) is 1. The van der Waals surface area contributed by atoms with Crippen LogP contribution in [-0.2, 0) is 16.0 Å². The van der Waals surface area contributed by atoms with Crippen molar-refractivity contribution in [3.63, 3.8) is 0 Å². The Hall–Kier alpha value is -2.08. The van der Waals surface area contributed by atoms with Crippen molar-refractivity contribution in [2.24, 2.45) is 0 Å². The van der Waals surface area contributed by atoms with Gasteiger partial charge in [0.15, 0.2) is 0 Å². The highest BCUT2D eigenvalue weighted by molar-refractivity contribution is 7.19. The smallest absolute Gasteiger partial charge is 0.207 e. The second kappa shape index (κ2) is 9.74. The summed E-state index contributed by atoms with van der Waals surface area (Å²) in [4.78, 5) is 12.3. The van der Waals surface area contributed by atoms with Crippen molar-refractivity contribution in [3.05, 3.63) is 64.0 Å². The van der Waals surface area contributed by atoms with E-state index < -0.39 is 0 Å². The summed E-state index contributed by atoms with van der Waals surface area (Å²) in [5.41, 5.74) is 1.05. The van der Waals surface area contributed by atoms with Gasteiger partial charge in [0.05, 0.1) is 17.7 Å². The van der Waals surface area contributed by atoms with Crippen molar-refractivity contribution in [2.45, 2.75) is 18.9 Å². The molecule has 1 aromatic heterocycles. The molecular formula is C21H22ClNO3S. The molecule has 3 rings (SSSR count). The van der Waals surface area contributed by atoms with Crippen LogP contribution in [0.1, 0.15) is 22.9 Å². The number of fused-ring (bicyclic) bond motifs is 1. The Labute approximate surface area is 168 Å². The maximum absolute atomic E-state index is 11.2. The first-order valence-electron chi connectivity index (χ1n) is 8.79. The SMILES string of the molecule is COCCCOc1cc(CC(NC=O)c2cc3ccccc3s2)ccc1Cl. The van der Waals surface area contributed by atoms with Crippen LogP contribution >= 0.6 is 22.9 Å². The third-order valence-electron chi connectivity index (χ3n) is 4.24. The normalized spacial score (nSPS) is 12.1. The fourth-order valence-corrected chi connectivity index (χ4v) is 4.20. The number of thiophene rings is 1. The van der Waals surface area contributed by atoms with E-state index in [1.807, 2.05) is 30.3 Å². The fraction of sp³-hybridized carbons (Fsp3) is 0.286. The number of hydrogen-bond donors (Lipinski definition) is 1. The van der Waals surface area contributed by atoms with Crippen molar-refractivity contribution in [1.82, 2.24) is 5.32 Å². The predicted octanol–water partition coefficient (Wildman–Crippen LogP) is 5.00. The second-order valence-corrected chi connectivity index (χ2v) is 7.71. The number of benzene rings is 2. The van der Waals surface area contributed by atoms with Crippen LogP contribution in [0, 0.1) is 0 Å². The number of carbonyl (C=O) groups is 1. The van der Waals surface area contributed by atoms with Gasteiger partial charge in [0.1, 0.15) is 5.75 Å². The molecule has 1 unspecified atom stereocenters. The van der Waals surface area contributed by atoms with Crippen LogP contribution in [0.2, 0.25) is 5.02 Å². The third kappa shape index (κ3) is 5.22. The van der Waals surface area contributed by atoms with Crippen molar-refractivity contribution in [3.8, 4) is 5.75 Å². The zero-order valence-corrected chi connectivity index (χ0v) is 16.7. The summed E-state index contributed by atoms with van der Waals surface area (Å²) in [7, 11) is 1.67. The monoisotopic (exact) mass is 403 g/mol. The molecule has 4 nitrogen and oxygen atoms in total. The van der Waals surface area contributed by atoms with Gasteiger partial charge in [-0.1, -0.05) is 35.9 Å². The molecular weight excluding hydrogens is 382 g/mol. The molecule has 0 aliphatic carbocycles. The number of hydrogen-bond acceptors (Lipinski definition) is 4. The van der Waals surface area contributed by atoms with E-state index in [1.165, 1.54) is 10.1 Å². The molecule has 0 radical (unpaired) electrons. The largest absolute Gasteiger partial charge is 0.492 e. The van der Waals surface area contributed by atoms with Gasteiger partial charge in [-0.3, -0.25) is 4.79 Å². The Morgan fingerprint density at radius 1 is 1.19 bits per heavy atom. The summed E-state index contributed by atoms with van der Waals surface area (Å²) in [5, 5.41) is 4.71. The van der Waals surface area contributed by atoms with Crippen LogP contribution in [0.25, 0.3) is 10.1 Å². The summed E-state index contributed by atoms with van der Waals surface area (Å²) >= 11 is 7.95. The molecule has 0 spiro atoms. The Kier molecular flexibility index (Phi) is 7.10. The maximum atomic E-state index is 11.2. The Balaban J connectivity index is 1.76. The Bertz CT molecular complexity index is 863. The standard InChI is InChI=1S/C21H22ClNO3S/c1-25-9-4-10-26-19-12-15(7-8-17(19)22)11-18(23-14-24)21-13-16-5-2-3-6-20(16)27-21/h2-3,5-8,12-14,18H,4,9-11H2,1H3,(H,23,24). The topological polar surface area (TPSA) is 47.6 Å². The molecule has 0 fully saturated rings. The van der Waals surface area contributed by atoms with Crippen LogP contribution < -0.4 is 10.1 Å². The number of amides is 1. The van der Waals surface area contributed by atoms with Crippen LogP contribution in [0.15, 0.2) is 48.5 Å². The number of ether oxygens (including phenoxy) is 2. The molecule has 142 valence electrons. The molecule has 1 heterocycles. The summed E-state index contributed by atoms with van der Waals surface area (Å²) in [6.07, 6.45) is 2.22. The number of halogens is 1. The van der Waals surface area contributed by atoms with Gasteiger partial charge < -0.3 is 14.8 Å². The quantitative estimate of drug-likeness (QED) is 0.382. The van der Waals surface area contributed by atoms with E-state index in [-0.39, 0.29) is 6.04 Å². The molecule has 6 heteroatoms. The highest BCUT2D eigenvalue weighted by Crippen LogP contribution is 2.33. The maximum Gasteiger partial charge on any atom is 0.207 e. The lowest BCUT2D eigenvalue weighted by Gasteiger charge is -2.16. The second-order valence-electron chi connectivity index (χ2n) is 6.19. The van der Waals surface area contributed by atoms with E-state index >= 15 is 0 Å². The lowest BCUT2D eigenvalue weighted by molar-refractivity contribution is -0.110. The minimum absolute atomic E-state index is 0.0950. The van der Waals surface area contributed by atoms with E-state index in [4.69, 9.17) is 21.1 Å². The molecule has 27 heavy (non-hydrogen) atoms. The van der Waals surface area contributed by atoms with Gasteiger partial charge in [-0.05, 0) is 41.6 Å². The lowest BCUT2D eigenvalue weighted by Crippen LogP contribution is -2.20. The molecule has 1 amide bonds. The van der Waals surface area contributed by atoms with Gasteiger partial charge in [-0.2, -0.15) is 0 Å². The number of rotatable bonds is 10. The zero-order chi connectivity index (χ0) is 19.1. The molecule has 2 aromatic carbocycles. The van der Waals surface area contributed by atoms with E-state index in [0.29, 0.717) is 30.4 Å². The minimum atomic E-state index is -0.0950. The number of methoxy groups -OCH3 is 1. The van der Waals surface area contributed by atoms with Crippen molar-refractivity contribution >= 4 is 39.4 Å². The van der Waals surface area contributed by atoms with Crippen molar-refractivity contribution in [1.29, 1.82) is 0 Å². The summed E-state index contributed by atoms with van der Waals surface area (Å²) in [5.74, 6) is 0.659. The molecule has 0 saturated carbocycles. The molecule has 0 bridgehead atoms. The first kappa shape index (κ1) is 19.7. The van der Waals surface area contributed by atoms with E-state index in [0.717, 1.165) is 23.3 Å². The van der Waals surface area contributed by atoms with Gasteiger partial charge in [-0.25, -0.2) is 0 Å². The average Bonchev–Trinajstić information content (AvgIpc) is 3.11. The third-order valence-corrected chi connectivity index (χ3v) is 5.79. The fourth-order valence-electron chi connectivity index (χ4n) is 2.90. The Morgan fingerprint density at radius 3 is 2.81 bits per heavy atom. The zero-order valence-electron chi connectivity index (χ0n) is 15.1. The van der Waals surface area contributed by atoms with Gasteiger partial charge in [-0.15, -0.1) is 11.3 Å². The van der Waals surface area contributed by atoms with Gasteiger partial charge in [0.25, 0.3) is 0 Å². The molecule has 1 atom stereocenters. The van der Waals surface area contributed by atoms with Crippen LogP contribution in [0.5, 0.6) is 5.75 Å². The highest BCUT2D eigenvalue weighted by atomic mass is 35.5. The molecule has 3 aromatic rings. The Morgan fingerprint density at radius 2 is 2.04 bits per heavy atom. The molecule has 0 aliphatic rings. The minimum Gasteiger partial charge on any atom is -0.492 e.